The van der Waals surface area contributed by atoms with E-state index in [0.29, 0.717) is 31.4 Å². The number of carbonyl (C=O) groups excluding carboxylic acids is 2. The Balaban J connectivity index is 1.71. The molecule has 10 heteroatoms. The first-order valence-electron chi connectivity index (χ1n) is 10.0. The Morgan fingerprint density at radius 3 is 2.84 bits per heavy atom. The van der Waals surface area contributed by atoms with Gasteiger partial charge in [0.05, 0.1) is 29.3 Å². The summed E-state index contributed by atoms with van der Waals surface area (Å²) in [4.78, 5) is 31.5. The monoisotopic (exact) mass is 452 g/mol. The maximum absolute atomic E-state index is 14.7. The van der Waals surface area contributed by atoms with Gasteiger partial charge in [-0.2, -0.15) is 0 Å². The number of rotatable bonds is 6. The average Bonchev–Trinajstić information content (AvgIpc) is 3.20. The summed E-state index contributed by atoms with van der Waals surface area (Å²) in [6.45, 7) is 0.109. The van der Waals surface area contributed by atoms with Crippen LogP contribution in [0.1, 0.15) is 29.0 Å². The Morgan fingerprint density at radius 1 is 1.39 bits per heavy atom. The highest BCUT2D eigenvalue weighted by molar-refractivity contribution is 7.09. The third-order valence-electron chi connectivity index (χ3n) is 6.27. The largest absolute Gasteiger partial charge is 0.350 e. The third kappa shape index (κ3) is 4.24. The summed E-state index contributed by atoms with van der Waals surface area (Å²) in [7, 11) is 0. The van der Waals surface area contributed by atoms with Gasteiger partial charge in [-0.15, -0.1) is 11.3 Å². The first-order chi connectivity index (χ1) is 14.7. The normalized spacial score (nSPS) is 24.0. The van der Waals surface area contributed by atoms with E-state index in [0.717, 1.165) is 10.6 Å². The molecule has 0 spiro atoms. The number of amides is 1. The molecule has 2 aromatic rings. The number of thiazole rings is 1. The van der Waals surface area contributed by atoms with Crippen LogP contribution in [-0.4, -0.2) is 47.1 Å². The molecule has 166 valence electrons. The molecule has 1 fully saturated rings. The molecule has 2 aliphatic rings. The van der Waals surface area contributed by atoms with Crippen molar-refractivity contribution in [1.82, 2.24) is 15.2 Å². The summed E-state index contributed by atoms with van der Waals surface area (Å²) in [6, 6.07) is 4.28. The van der Waals surface area contributed by atoms with Gasteiger partial charge in [0.25, 0.3) is 5.92 Å². The van der Waals surface area contributed by atoms with E-state index in [1.165, 1.54) is 35.6 Å². The molecular weight excluding hydrogens is 429 g/mol. The number of piperidine rings is 1. The molecule has 1 amide bonds. The van der Waals surface area contributed by atoms with Gasteiger partial charge < -0.3 is 15.8 Å². The summed E-state index contributed by atoms with van der Waals surface area (Å²) in [5, 5.41) is 2.18. The van der Waals surface area contributed by atoms with Crippen molar-refractivity contribution in [3.63, 3.8) is 0 Å². The molecule has 0 bridgehead atoms. The van der Waals surface area contributed by atoms with E-state index in [1.807, 2.05) is 4.90 Å². The maximum Gasteiger partial charge on any atom is 0.268 e. The van der Waals surface area contributed by atoms with E-state index in [9.17, 15) is 22.8 Å². The second-order valence-corrected chi connectivity index (χ2v) is 9.15. The summed E-state index contributed by atoms with van der Waals surface area (Å²) in [5.41, 5.74) is 8.17. The van der Waals surface area contributed by atoms with E-state index < -0.39 is 48.1 Å². The second kappa shape index (κ2) is 8.33. The molecule has 1 saturated heterocycles. The molecule has 0 aliphatic carbocycles. The van der Waals surface area contributed by atoms with Crippen molar-refractivity contribution in [3.8, 4) is 0 Å². The summed E-state index contributed by atoms with van der Waals surface area (Å²) in [5.74, 6) is -5.50. The molecule has 3 heterocycles. The van der Waals surface area contributed by atoms with Crippen molar-refractivity contribution in [3.05, 3.63) is 51.7 Å². The van der Waals surface area contributed by atoms with Crippen LogP contribution in [0, 0.1) is 11.7 Å². The van der Waals surface area contributed by atoms with E-state index in [1.54, 1.807) is 5.51 Å². The standard InChI is InChI=1S/C21H23F3N4O2S/c22-15-3-1-13(2-4-15)20(25,8-14-7-19(30)26-11-21(14,23)24)18(10-29)28-6-5-17-16(9-28)27-12-31-17/h1-4,10,12,14,18H,5-9,11,25H2,(H,26,30)/t14?,18?,20-/m0/s1. The van der Waals surface area contributed by atoms with E-state index in [-0.39, 0.29) is 6.42 Å². The van der Waals surface area contributed by atoms with Crippen LogP contribution in [0.5, 0.6) is 0 Å². The van der Waals surface area contributed by atoms with Gasteiger partial charge in [-0.05, 0) is 30.5 Å². The highest BCUT2D eigenvalue weighted by Gasteiger charge is 2.51. The lowest BCUT2D eigenvalue weighted by Gasteiger charge is -2.45. The van der Waals surface area contributed by atoms with E-state index >= 15 is 0 Å². The molecule has 2 unspecified atom stereocenters. The molecule has 0 saturated carbocycles. The van der Waals surface area contributed by atoms with Crippen LogP contribution in [-0.2, 0) is 28.1 Å². The highest BCUT2D eigenvalue weighted by Crippen LogP contribution is 2.41. The fourth-order valence-corrected chi connectivity index (χ4v) is 5.29. The van der Waals surface area contributed by atoms with Crippen molar-refractivity contribution < 1.29 is 22.8 Å². The zero-order valence-electron chi connectivity index (χ0n) is 16.7. The van der Waals surface area contributed by atoms with Gasteiger partial charge in [0, 0.05) is 30.3 Å². The molecule has 2 aliphatic heterocycles. The van der Waals surface area contributed by atoms with Crippen molar-refractivity contribution in [2.75, 3.05) is 13.1 Å². The van der Waals surface area contributed by atoms with Gasteiger partial charge in [-0.25, -0.2) is 18.2 Å². The molecule has 1 aromatic carbocycles. The van der Waals surface area contributed by atoms with Crippen LogP contribution < -0.4 is 11.1 Å². The van der Waals surface area contributed by atoms with Crippen LogP contribution in [0.15, 0.2) is 29.8 Å². The fraction of sp³-hybridized carbons (Fsp3) is 0.476. The van der Waals surface area contributed by atoms with Gasteiger partial charge >= 0.3 is 0 Å². The number of aromatic nitrogens is 1. The third-order valence-corrected chi connectivity index (χ3v) is 7.21. The number of nitrogens with two attached hydrogens (primary N) is 1. The smallest absolute Gasteiger partial charge is 0.268 e. The maximum atomic E-state index is 14.7. The van der Waals surface area contributed by atoms with Crippen LogP contribution >= 0.6 is 11.3 Å². The number of hydrogen-bond donors (Lipinski definition) is 2. The number of fused-ring (bicyclic) bond motifs is 1. The summed E-state index contributed by atoms with van der Waals surface area (Å²) >= 11 is 1.54. The SMILES string of the molecule is N[C@@](CC1CC(=O)NCC1(F)F)(c1ccc(F)cc1)C(C=O)N1CCc2scnc2C1. The first kappa shape index (κ1) is 21.9. The first-order valence-corrected chi connectivity index (χ1v) is 10.9. The van der Waals surface area contributed by atoms with Gasteiger partial charge in [0.2, 0.25) is 5.91 Å². The summed E-state index contributed by atoms with van der Waals surface area (Å²) in [6.07, 6.45) is 0.644. The van der Waals surface area contributed by atoms with Crippen LogP contribution in [0.25, 0.3) is 0 Å². The predicted molar refractivity (Wildman–Crippen MR) is 109 cm³/mol. The number of nitrogens with one attached hydrogen (secondary N) is 1. The molecule has 4 rings (SSSR count). The lowest BCUT2D eigenvalue weighted by molar-refractivity contribution is -0.141. The number of nitrogens with zero attached hydrogens (tertiary/aromatic N) is 2. The molecule has 3 N–H and O–H groups in total. The van der Waals surface area contributed by atoms with Crippen molar-refractivity contribution in [2.45, 2.75) is 43.3 Å². The van der Waals surface area contributed by atoms with Crippen molar-refractivity contribution >= 4 is 23.5 Å². The minimum Gasteiger partial charge on any atom is -0.350 e. The van der Waals surface area contributed by atoms with Crippen LogP contribution in [0.4, 0.5) is 13.2 Å². The Kier molecular flexibility index (Phi) is 5.89. The Hall–Kier alpha value is -2.30. The zero-order valence-corrected chi connectivity index (χ0v) is 17.5. The second-order valence-electron chi connectivity index (χ2n) is 8.21. The molecule has 31 heavy (non-hydrogen) atoms. The molecule has 0 radical (unpaired) electrons. The van der Waals surface area contributed by atoms with Gasteiger partial charge in [0.1, 0.15) is 12.1 Å². The highest BCUT2D eigenvalue weighted by atomic mass is 32.1. The number of halogens is 3. The van der Waals surface area contributed by atoms with Gasteiger partial charge in [0.15, 0.2) is 0 Å². The number of hydrogen-bond acceptors (Lipinski definition) is 6. The average molecular weight is 453 g/mol. The molecule has 1 aromatic heterocycles. The minimum absolute atomic E-state index is 0.303. The lowest BCUT2D eigenvalue weighted by atomic mass is 9.73. The van der Waals surface area contributed by atoms with Crippen molar-refractivity contribution in [1.29, 1.82) is 0 Å². The Bertz CT molecular complexity index is 968. The van der Waals surface area contributed by atoms with Gasteiger partial charge in [-0.3, -0.25) is 9.69 Å². The quantitative estimate of drug-likeness (QED) is 0.657. The molecular formula is C21H23F3N4O2S. The lowest BCUT2D eigenvalue weighted by Crippen LogP contribution is -2.61. The van der Waals surface area contributed by atoms with E-state index in [4.69, 9.17) is 5.73 Å². The number of alkyl halides is 2. The van der Waals surface area contributed by atoms with Crippen LogP contribution in [0.3, 0.4) is 0 Å². The van der Waals surface area contributed by atoms with Crippen LogP contribution in [0.2, 0.25) is 0 Å². The number of carbonyl (C=O) groups is 2. The summed E-state index contributed by atoms with van der Waals surface area (Å²) < 4.78 is 42.9. The van der Waals surface area contributed by atoms with Gasteiger partial charge in [-0.1, -0.05) is 12.1 Å². The number of aldehydes is 1. The minimum atomic E-state index is -3.17. The fourth-order valence-electron chi connectivity index (χ4n) is 4.52. The Labute approximate surface area is 181 Å². The number of benzene rings is 1. The van der Waals surface area contributed by atoms with Crippen molar-refractivity contribution in [2.24, 2.45) is 11.7 Å². The topological polar surface area (TPSA) is 88.3 Å². The zero-order chi connectivity index (χ0) is 22.2. The predicted octanol–water partition coefficient (Wildman–Crippen LogP) is 2.22. The molecule has 6 nitrogen and oxygen atoms in total. The Morgan fingerprint density at radius 2 is 2.13 bits per heavy atom. The molecule has 3 atom stereocenters. The van der Waals surface area contributed by atoms with E-state index in [2.05, 4.69) is 10.3 Å².